The zero-order chi connectivity index (χ0) is 19.1. The van der Waals surface area contributed by atoms with E-state index in [1.807, 2.05) is 4.90 Å². The van der Waals surface area contributed by atoms with Crippen LogP contribution in [0, 0.1) is 5.82 Å². The minimum absolute atomic E-state index is 0.0566. The third-order valence-corrected chi connectivity index (χ3v) is 4.43. The van der Waals surface area contributed by atoms with E-state index < -0.39 is 0 Å². The van der Waals surface area contributed by atoms with Crippen molar-refractivity contribution >= 4 is 17.7 Å². The summed E-state index contributed by atoms with van der Waals surface area (Å²) in [6, 6.07) is 3.36. The minimum Gasteiger partial charge on any atom is -0.354 e. The summed E-state index contributed by atoms with van der Waals surface area (Å²) < 4.78 is 13.9. The Morgan fingerprint density at radius 1 is 1.54 bits per heavy atom. The molecule has 1 amide bonds. The molecule has 26 heavy (non-hydrogen) atoms. The van der Waals surface area contributed by atoms with E-state index >= 15 is 0 Å². The number of aliphatic imine (C=N–C) groups is 1. The van der Waals surface area contributed by atoms with Gasteiger partial charge in [0, 0.05) is 45.5 Å². The fourth-order valence-electron chi connectivity index (χ4n) is 2.63. The van der Waals surface area contributed by atoms with Gasteiger partial charge in [-0.3, -0.25) is 4.79 Å². The first-order chi connectivity index (χ1) is 12.4. The number of likely N-dealkylation sites (N-methyl/N-ethyl adjacent to an activating group) is 1. The summed E-state index contributed by atoms with van der Waals surface area (Å²) >= 11 is 0. The number of rotatable bonds is 6. The Hall–Kier alpha value is -2.38. The number of anilines is 1. The number of guanidine groups is 1. The summed E-state index contributed by atoms with van der Waals surface area (Å²) in [5.41, 5.74) is 0. The predicted molar refractivity (Wildman–Crippen MR) is 102 cm³/mol. The van der Waals surface area contributed by atoms with E-state index in [4.69, 9.17) is 0 Å². The van der Waals surface area contributed by atoms with Gasteiger partial charge in [0.2, 0.25) is 5.91 Å². The molecule has 0 saturated carbocycles. The topological polar surface area (TPSA) is 72.9 Å². The molecule has 144 valence electrons. The van der Waals surface area contributed by atoms with E-state index in [0.29, 0.717) is 18.3 Å². The van der Waals surface area contributed by atoms with Gasteiger partial charge in [0.15, 0.2) is 17.6 Å². The van der Waals surface area contributed by atoms with Crippen LogP contribution in [0.4, 0.5) is 10.2 Å². The molecule has 1 saturated heterocycles. The van der Waals surface area contributed by atoms with Crippen LogP contribution < -0.4 is 15.5 Å². The lowest BCUT2D eigenvalue weighted by atomic mass is 10.2. The van der Waals surface area contributed by atoms with Crippen LogP contribution >= 0.6 is 0 Å². The molecule has 1 aliphatic rings. The molecule has 1 aromatic heterocycles. The number of nitrogens with zero attached hydrogens (tertiary/aromatic N) is 4. The smallest absolute Gasteiger partial charge is 0.243 e. The molecular weight excluding hydrogens is 335 g/mol. The summed E-state index contributed by atoms with van der Waals surface area (Å²) in [5.74, 6) is 0.631. The molecule has 2 N–H and O–H groups in total. The van der Waals surface area contributed by atoms with Gasteiger partial charge in [-0.25, -0.2) is 14.4 Å². The third kappa shape index (κ3) is 5.57. The average Bonchev–Trinajstić information content (AvgIpc) is 3.07. The maximum Gasteiger partial charge on any atom is 0.243 e. The van der Waals surface area contributed by atoms with Crippen molar-refractivity contribution in [1.82, 2.24) is 20.5 Å². The molecule has 0 bridgehead atoms. The molecule has 1 aromatic rings. The molecule has 1 aliphatic heterocycles. The molecule has 0 aromatic carbocycles. The third-order valence-electron chi connectivity index (χ3n) is 4.43. The fraction of sp³-hybridized carbons (Fsp3) is 0.611. The summed E-state index contributed by atoms with van der Waals surface area (Å²) in [6.07, 6.45) is 3.39. The van der Waals surface area contributed by atoms with Crippen molar-refractivity contribution in [2.24, 2.45) is 4.99 Å². The highest BCUT2D eigenvalue weighted by molar-refractivity contribution is 5.85. The van der Waals surface area contributed by atoms with E-state index in [9.17, 15) is 9.18 Å². The van der Waals surface area contributed by atoms with Gasteiger partial charge >= 0.3 is 0 Å². The van der Waals surface area contributed by atoms with Crippen molar-refractivity contribution < 1.29 is 9.18 Å². The van der Waals surface area contributed by atoms with E-state index in [1.165, 1.54) is 11.0 Å². The van der Waals surface area contributed by atoms with Crippen LogP contribution in [0.15, 0.2) is 23.3 Å². The Morgan fingerprint density at radius 3 is 2.96 bits per heavy atom. The maximum absolute atomic E-state index is 13.9. The zero-order valence-corrected chi connectivity index (χ0v) is 16.0. The largest absolute Gasteiger partial charge is 0.354 e. The summed E-state index contributed by atoms with van der Waals surface area (Å²) in [6.45, 7) is 5.59. The summed E-state index contributed by atoms with van der Waals surface area (Å²) in [7, 11) is 3.42. The Balaban J connectivity index is 2.00. The molecule has 2 rings (SSSR count). The second-order valence-electron chi connectivity index (χ2n) is 6.79. The second kappa shape index (κ2) is 9.35. The van der Waals surface area contributed by atoms with Gasteiger partial charge in [-0.2, -0.15) is 0 Å². The second-order valence-corrected chi connectivity index (χ2v) is 6.79. The number of amides is 1. The number of halogens is 1. The van der Waals surface area contributed by atoms with Crippen LogP contribution in [0.3, 0.4) is 0 Å². The van der Waals surface area contributed by atoms with Crippen LogP contribution in [-0.4, -0.2) is 67.6 Å². The summed E-state index contributed by atoms with van der Waals surface area (Å²) in [5, 5.41) is 6.68. The minimum atomic E-state index is -0.309. The lowest BCUT2D eigenvalue weighted by molar-refractivity contribution is -0.127. The lowest BCUT2D eigenvalue weighted by Gasteiger charge is -2.22. The van der Waals surface area contributed by atoms with Crippen LogP contribution in [0.2, 0.25) is 0 Å². The van der Waals surface area contributed by atoms with Gasteiger partial charge in [-0.05, 0) is 31.9 Å². The lowest BCUT2D eigenvalue weighted by Crippen LogP contribution is -2.48. The highest BCUT2D eigenvalue weighted by Gasteiger charge is 2.26. The molecule has 7 nitrogen and oxygen atoms in total. The predicted octanol–water partition coefficient (Wildman–Crippen LogP) is 1.22. The molecule has 8 heteroatoms. The van der Waals surface area contributed by atoms with Crippen molar-refractivity contribution in [3.63, 3.8) is 0 Å². The van der Waals surface area contributed by atoms with Gasteiger partial charge in [0.25, 0.3) is 0 Å². The van der Waals surface area contributed by atoms with E-state index in [2.05, 4.69) is 34.5 Å². The molecule has 2 heterocycles. The van der Waals surface area contributed by atoms with Crippen LogP contribution in [0.5, 0.6) is 0 Å². The normalized spacial score (nSPS) is 18.6. The molecule has 2 unspecified atom stereocenters. The van der Waals surface area contributed by atoms with Gasteiger partial charge in [0.05, 0.1) is 0 Å². The average molecular weight is 364 g/mol. The Kier molecular flexibility index (Phi) is 7.17. The standard InChI is InChI=1S/C18H29FN6O/c1-5-13(2)22-18(21-11-16(26)24(3)4)23-14-8-10-25(12-14)17-15(19)7-6-9-20-17/h6-7,9,13-14H,5,8,10-12H2,1-4H3,(H2,21,22,23). The van der Waals surface area contributed by atoms with Crippen molar-refractivity contribution in [2.45, 2.75) is 38.8 Å². The maximum atomic E-state index is 13.9. The number of pyridine rings is 1. The van der Waals surface area contributed by atoms with E-state index in [-0.39, 0.29) is 30.4 Å². The number of aromatic nitrogens is 1. The molecular formula is C18H29FN6O. The van der Waals surface area contributed by atoms with Crippen molar-refractivity contribution in [3.8, 4) is 0 Å². The number of hydrogen-bond acceptors (Lipinski definition) is 4. The molecule has 2 atom stereocenters. The first-order valence-corrected chi connectivity index (χ1v) is 9.03. The first kappa shape index (κ1) is 19.9. The van der Waals surface area contributed by atoms with Gasteiger partial charge < -0.3 is 20.4 Å². The highest BCUT2D eigenvalue weighted by Crippen LogP contribution is 2.20. The molecule has 0 spiro atoms. The Labute approximate surface area is 154 Å². The number of carbonyl (C=O) groups is 1. The van der Waals surface area contributed by atoms with Crippen molar-refractivity contribution in [3.05, 3.63) is 24.1 Å². The molecule has 1 fully saturated rings. The first-order valence-electron chi connectivity index (χ1n) is 9.03. The van der Waals surface area contributed by atoms with Gasteiger partial charge in [-0.15, -0.1) is 0 Å². The quantitative estimate of drug-likeness (QED) is 0.587. The van der Waals surface area contributed by atoms with Crippen LogP contribution in [-0.2, 0) is 4.79 Å². The Bertz CT molecular complexity index is 636. The van der Waals surface area contributed by atoms with Crippen LogP contribution in [0.25, 0.3) is 0 Å². The zero-order valence-electron chi connectivity index (χ0n) is 16.0. The number of carbonyl (C=O) groups excluding carboxylic acids is 1. The monoisotopic (exact) mass is 364 g/mol. The van der Waals surface area contributed by atoms with Crippen molar-refractivity contribution in [2.75, 3.05) is 38.6 Å². The number of hydrogen-bond donors (Lipinski definition) is 2. The summed E-state index contributed by atoms with van der Waals surface area (Å²) in [4.78, 5) is 23.8. The fourth-order valence-corrected chi connectivity index (χ4v) is 2.63. The number of nitrogens with one attached hydrogen (secondary N) is 2. The highest BCUT2D eigenvalue weighted by atomic mass is 19.1. The van der Waals surface area contributed by atoms with Crippen LogP contribution in [0.1, 0.15) is 26.7 Å². The Morgan fingerprint density at radius 2 is 2.31 bits per heavy atom. The molecule has 0 radical (unpaired) electrons. The van der Waals surface area contributed by atoms with E-state index in [0.717, 1.165) is 19.4 Å². The van der Waals surface area contributed by atoms with Gasteiger partial charge in [-0.1, -0.05) is 6.92 Å². The van der Waals surface area contributed by atoms with Crippen molar-refractivity contribution in [1.29, 1.82) is 0 Å². The molecule has 0 aliphatic carbocycles. The van der Waals surface area contributed by atoms with E-state index in [1.54, 1.807) is 26.4 Å². The van der Waals surface area contributed by atoms with Gasteiger partial charge in [0.1, 0.15) is 6.54 Å². The SMILES string of the molecule is CCC(C)NC(=NCC(=O)N(C)C)NC1CCN(c2ncccc2F)C1.